The van der Waals surface area contributed by atoms with Crippen molar-refractivity contribution in [1.82, 2.24) is 4.90 Å². The third-order valence-electron chi connectivity index (χ3n) is 10.7. The third kappa shape index (κ3) is 47.1. The van der Waals surface area contributed by atoms with E-state index in [1.165, 1.54) is 141 Å². The molecule has 1 atom stereocenters. The maximum absolute atomic E-state index is 12.7. The summed E-state index contributed by atoms with van der Waals surface area (Å²) in [5.41, 5.74) is 0. The number of hydrogen-bond acceptors (Lipinski definition) is 6. The molecule has 0 aromatic heterocycles. The SMILES string of the molecule is CCC.CCCCCCCCCCOC(=O)CCCCCCN(CCO)CCCCCCCC(=O)OC(CCCCCCCC)CCCCCCCCCC. The Morgan fingerprint density at radius 1 is 0.436 bits per heavy atom. The molecule has 0 bridgehead atoms. The zero-order chi connectivity index (χ0) is 40.7. The van der Waals surface area contributed by atoms with Crippen molar-refractivity contribution in [2.45, 2.75) is 272 Å². The average Bonchev–Trinajstić information content (AvgIpc) is 3.17. The third-order valence-corrected chi connectivity index (χ3v) is 10.7. The fraction of sp³-hybridized carbons (Fsp3) is 0.959. The molecule has 0 aliphatic carbocycles. The molecule has 0 spiro atoms. The van der Waals surface area contributed by atoms with E-state index in [1.807, 2.05) is 0 Å². The summed E-state index contributed by atoms with van der Waals surface area (Å²) < 4.78 is 11.5. The molecule has 0 heterocycles. The van der Waals surface area contributed by atoms with Crippen LogP contribution in [0.5, 0.6) is 0 Å². The molecule has 6 nitrogen and oxygen atoms in total. The van der Waals surface area contributed by atoms with Crippen molar-refractivity contribution < 1.29 is 24.2 Å². The Bertz CT molecular complexity index is 747. The lowest BCUT2D eigenvalue weighted by Crippen LogP contribution is -2.29. The zero-order valence-electron chi connectivity index (χ0n) is 38.1. The highest BCUT2D eigenvalue weighted by Gasteiger charge is 2.14. The standard InChI is InChI=1S/C46H91NO5.C3H8/c1-4-7-10-13-16-18-22-29-36-44(35-28-21-15-12-9-6-3)52-46(50)38-31-23-20-25-32-39-47(41-42-48)40-33-26-24-30-37-45(49)51-43-34-27-19-17-14-11-8-5-2;1-3-2/h44,48H,4-43H2,1-3H3;3H2,1-2H3. The Kier molecular flexibility index (Phi) is 49.9. The first-order chi connectivity index (χ1) is 27.0. The van der Waals surface area contributed by atoms with Crippen LogP contribution in [0.25, 0.3) is 0 Å². The number of carbonyl (C=O) groups is 2. The number of aliphatic hydroxyl groups is 1. The molecule has 330 valence electrons. The molecule has 55 heavy (non-hydrogen) atoms. The van der Waals surface area contributed by atoms with Crippen LogP contribution in [0, 0.1) is 0 Å². The number of carbonyl (C=O) groups excluding carboxylic acids is 2. The minimum absolute atomic E-state index is 0.0142. The van der Waals surface area contributed by atoms with E-state index >= 15 is 0 Å². The van der Waals surface area contributed by atoms with Gasteiger partial charge in [-0.3, -0.25) is 9.59 Å². The van der Waals surface area contributed by atoms with Gasteiger partial charge < -0.3 is 19.5 Å². The summed E-state index contributed by atoms with van der Waals surface area (Å²) in [6.07, 6.45) is 42.4. The van der Waals surface area contributed by atoms with Gasteiger partial charge in [-0.25, -0.2) is 0 Å². The molecule has 0 aromatic carbocycles. The van der Waals surface area contributed by atoms with E-state index in [4.69, 9.17) is 9.47 Å². The van der Waals surface area contributed by atoms with Crippen LogP contribution in [-0.2, 0) is 19.1 Å². The summed E-state index contributed by atoms with van der Waals surface area (Å²) in [5.74, 6) is -0.0242. The van der Waals surface area contributed by atoms with Crippen LogP contribution < -0.4 is 0 Å². The molecule has 0 aliphatic heterocycles. The molecule has 0 rings (SSSR count). The summed E-state index contributed by atoms with van der Waals surface area (Å²) >= 11 is 0. The molecule has 0 radical (unpaired) electrons. The van der Waals surface area contributed by atoms with Crippen LogP contribution in [0.2, 0.25) is 0 Å². The molecule has 0 fully saturated rings. The first-order valence-corrected chi connectivity index (χ1v) is 24.7. The van der Waals surface area contributed by atoms with Crippen molar-refractivity contribution in [3.63, 3.8) is 0 Å². The Balaban J connectivity index is 0. The first kappa shape index (κ1) is 56.0. The Hall–Kier alpha value is -1.14. The lowest BCUT2D eigenvalue weighted by molar-refractivity contribution is -0.150. The summed E-state index contributed by atoms with van der Waals surface area (Å²) in [4.78, 5) is 27.2. The minimum Gasteiger partial charge on any atom is -0.466 e. The highest BCUT2D eigenvalue weighted by atomic mass is 16.5. The average molecular weight is 782 g/mol. The number of esters is 2. The van der Waals surface area contributed by atoms with Crippen LogP contribution in [0.15, 0.2) is 0 Å². The fourth-order valence-corrected chi connectivity index (χ4v) is 7.23. The summed E-state index contributed by atoms with van der Waals surface area (Å²) in [5, 5.41) is 9.55. The maximum atomic E-state index is 12.7. The van der Waals surface area contributed by atoms with E-state index in [2.05, 4.69) is 39.5 Å². The number of rotatable bonds is 43. The number of nitrogens with zero attached hydrogens (tertiary/aromatic N) is 1. The lowest BCUT2D eigenvalue weighted by Gasteiger charge is -2.21. The van der Waals surface area contributed by atoms with Crippen LogP contribution >= 0.6 is 0 Å². The molecule has 0 amide bonds. The number of ether oxygens (including phenoxy) is 2. The quantitative estimate of drug-likeness (QED) is 0.0490. The van der Waals surface area contributed by atoms with E-state index in [1.54, 1.807) is 0 Å². The summed E-state index contributed by atoms with van der Waals surface area (Å²) in [6, 6.07) is 0. The molecule has 1 N–H and O–H groups in total. The van der Waals surface area contributed by atoms with E-state index in [0.717, 1.165) is 96.7 Å². The predicted molar refractivity (Wildman–Crippen MR) is 239 cm³/mol. The van der Waals surface area contributed by atoms with Crippen molar-refractivity contribution in [2.24, 2.45) is 0 Å². The lowest BCUT2D eigenvalue weighted by atomic mass is 10.0. The van der Waals surface area contributed by atoms with Crippen LogP contribution in [0.1, 0.15) is 266 Å². The van der Waals surface area contributed by atoms with Gasteiger partial charge in [0.05, 0.1) is 13.2 Å². The maximum Gasteiger partial charge on any atom is 0.306 e. The molecule has 1 unspecified atom stereocenters. The number of unbranched alkanes of at least 4 members (excludes halogenated alkanes) is 26. The summed E-state index contributed by atoms with van der Waals surface area (Å²) in [6.45, 7) is 14.6. The molecule has 6 heteroatoms. The molecule has 0 saturated heterocycles. The van der Waals surface area contributed by atoms with E-state index in [-0.39, 0.29) is 24.6 Å². The van der Waals surface area contributed by atoms with Gasteiger partial charge in [-0.05, 0) is 70.9 Å². The van der Waals surface area contributed by atoms with Crippen molar-refractivity contribution in [2.75, 3.05) is 32.8 Å². The highest BCUT2D eigenvalue weighted by Crippen LogP contribution is 2.19. The van der Waals surface area contributed by atoms with Crippen molar-refractivity contribution in [3.05, 3.63) is 0 Å². The highest BCUT2D eigenvalue weighted by molar-refractivity contribution is 5.69. The monoisotopic (exact) mass is 782 g/mol. The second kappa shape index (κ2) is 49.0. The second-order valence-electron chi connectivity index (χ2n) is 16.6. The molecule has 0 saturated carbocycles. The van der Waals surface area contributed by atoms with Crippen LogP contribution in [0.3, 0.4) is 0 Å². The smallest absolute Gasteiger partial charge is 0.306 e. The fourth-order valence-electron chi connectivity index (χ4n) is 7.23. The van der Waals surface area contributed by atoms with Gasteiger partial charge in [0.15, 0.2) is 0 Å². The van der Waals surface area contributed by atoms with Gasteiger partial charge in [0.2, 0.25) is 0 Å². The molecule has 0 aromatic rings. The second-order valence-corrected chi connectivity index (χ2v) is 16.6. The Morgan fingerprint density at radius 3 is 1.20 bits per heavy atom. The first-order valence-electron chi connectivity index (χ1n) is 24.7. The van der Waals surface area contributed by atoms with Gasteiger partial charge in [-0.2, -0.15) is 0 Å². The molecule has 0 aliphatic rings. The predicted octanol–water partition coefficient (Wildman–Crippen LogP) is 14.9. The van der Waals surface area contributed by atoms with Crippen molar-refractivity contribution >= 4 is 11.9 Å². The number of hydrogen-bond donors (Lipinski definition) is 1. The largest absolute Gasteiger partial charge is 0.466 e. The number of aliphatic hydroxyl groups excluding tert-OH is 1. The van der Waals surface area contributed by atoms with E-state index in [0.29, 0.717) is 19.4 Å². The van der Waals surface area contributed by atoms with E-state index in [9.17, 15) is 14.7 Å². The van der Waals surface area contributed by atoms with Crippen LogP contribution in [-0.4, -0.2) is 60.9 Å². The topological polar surface area (TPSA) is 76.1 Å². The Labute approximate surface area is 344 Å². The molecular weight excluding hydrogens is 683 g/mol. The van der Waals surface area contributed by atoms with Gasteiger partial charge in [0, 0.05) is 19.4 Å². The normalized spacial score (nSPS) is 11.8. The minimum atomic E-state index is -0.0384. The summed E-state index contributed by atoms with van der Waals surface area (Å²) in [7, 11) is 0. The zero-order valence-corrected chi connectivity index (χ0v) is 38.1. The van der Waals surface area contributed by atoms with Crippen LogP contribution in [0.4, 0.5) is 0 Å². The van der Waals surface area contributed by atoms with E-state index < -0.39 is 0 Å². The van der Waals surface area contributed by atoms with Gasteiger partial charge in [0.25, 0.3) is 0 Å². The van der Waals surface area contributed by atoms with Gasteiger partial charge in [-0.15, -0.1) is 0 Å². The van der Waals surface area contributed by atoms with Gasteiger partial charge >= 0.3 is 11.9 Å². The molecular formula is C49H99NO5. The van der Waals surface area contributed by atoms with Crippen molar-refractivity contribution in [3.8, 4) is 0 Å². The van der Waals surface area contributed by atoms with Crippen molar-refractivity contribution in [1.29, 1.82) is 0 Å². The van der Waals surface area contributed by atoms with Gasteiger partial charge in [-0.1, -0.05) is 195 Å². The van der Waals surface area contributed by atoms with Gasteiger partial charge in [0.1, 0.15) is 6.10 Å². The Morgan fingerprint density at radius 2 is 0.782 bits per heavy atom.